The first-order valence-corrected chi connectivity index (χ1v) is 11.1. The van der Waals surface area contributed by atoms with Crippen molar-refractivity contribution in [2.75, 3.05) is 27.9 Å². The number of methoxy groups -OCH3 is 3. The Morgan fingerprint density at radius 2 is 1.64 bits per heavy atom. The van der Waals surface area contributed by atoms with Crippen LogP contribution in [0.15, 0.2) is 47.7 Å². The standard InChI is InChI=1S/C26H29NO6/c1-5-33-18-8-6-7-15(9-18)19-14-24(29)27-20-10-16(11-21(28)25(19)20)17-12-22(30-2)26(32-4)23(13-17)31-3/h6-9,12-13,16,19H,5,10-11,14H2,1-4H3,(H,27,29). The van der Waals surface area contributed by atoms with Crippen LogP contribution in [0.4, 0.5) is 0 Å². The van der Waals surface area contributed by atoms with Gasteiger partial charge in [-0.2, -0.15) is 0 Å². The van der Waals surface area contributed by atoms with E-state index in [-0.39, 0.29) is 29.9 Å². The number of amides is 1. The molecule has 1 N–H and O–H groups in total. The zero-order valence-corrected chi connectivity index (χ0v) is 19.4. The Labute approximate surface area is 193 Å². The van der Waals surface area contributed by atoms with Gasteiger partial charge in [0.05, 0.1) is 27.9 Å². The van der Waals surface area contributed by atoms with Crippen LogP contribution in [0.25, 0.3) is 0 Å². The molecule has 2 aliphatic rings. The summed E-state index contributed by atoms with van der Waals surface area (Å²) >= 11 is 0. The molecule has 0 spiro atoms. The van der Waals surface area contributed by atoms with Crippen LogP contribution in [0.3, 0.4) is 0 Å². The van der Waals surface area contributed by atoms with Crippen molar-refractivity contribution < 1.29 is 28.5 Å². The molecular formula is C26H29NO6. The normalized spacial score (nSPS) is 20.1. The SMILES string of the molecule is CCOc1cccc(C2CC(=O)NC3=C2C(=O)CC(c2cc(OC)c(OC)c(OC)c2)C3)c1. The summed E-state index contributed by atoms with van der Waals surface area (Å²) in [4.78, 5) is 26.0. The highest BCUT2D eigenvalue weighted by molar-refractivity contribution is 6.02. The van der Waals surface area contributed by atoms with Crippen LogP contribution < -0.4 is 24.3 Å². The maximum absolute atomic E-state index is 13.4. The molecule has 4 rings (SSSR count). The lowest BCUT2D eigenvalue weighted by Gasteiger charge is -2.34. The van der Waals surface area contributed by atoms with Crippen molar-refractivity contribution in [3.05, 3.63) is 58.8 Å². The second kappa shape index (κ2) is 9.57. The fraction of sp³-hybridized carbons (Fsp3) is 0.385. The summed E-state index contributed by atoms with van der Waals surface area (Å²) in [5, 5.41) is 2.97. The number of rotatable bonds is 7. The molecular weight excluding hydrogens is 422 g/mol. The molecule has 1 aliphatic heterocycles. The van der Waals surface area contributed by atoms with Gasteiger partial charge in [0.2, 0.25) is 11.7 Å². The number of ether oxygens (including phenoxy) is 4. The van der Waals surface area contributed by atoms with Crippen molar-refractivity contribution in [3.63, 3.8) is 0 Å². The molecule has 0 bridgehead atoms. The molecule has 0 fully saturated rings. The number of nitrogens with one attached hydrogen (secondary N) is 1. The third-order valence-electron chi connectivity index (χ3n) is 6.27. The van der Waals surface area contributed by atoms with E-state index in [1.165, 1.54) is 0 Å². The molecule has 2 unspecified atom stereocenters. The van der Waals surface area contributed by atoms with Crippen LogP contribution >= 0.6 is 0 Å². The van der Waals surface area contributed by atoms with E-state index in [4.69, 9.17) is 18.9 Å². The van der Waals surface area contributed by atoms with E-state index in [9.17, 15) is 9.59 Å². The second-order valence-electron chi connectivity index (χ2n) is 8.19. The molecule has 2 aromatic rings. The third kappa shape index (κ3) is 4.40. The second-order valence-corrected chi connectivity index (χ2v) is 8.19. The highest BCUT2D eigenvalue weighted by Gasteiger charge is 2.38. The van der Waals surface area contributed by atoms with E-state index in [0.29, 0.717) is 48.0 Å². The van der Waals surface area contributed by atoms with E-state index in [0.717, 1.165) is 16.9 Å². The summed E-state index contributed by atoms with van der Waals surface area (Å²) in [5.74, 6) is 1.89. The van der Waals surface area contributed by atoms with E-state index < -0.39 is 0 Å². The minimum Gasteiger partial charge on any atom is -0.494 e. The molecule has 0 radical (unpaired) electrons. The predicted octanol–water partition coefficient (Wildman–Crippen LogP) is 4.12. The molecule has 2 aromatic carbocycles. The summed E-state index contributed by atoms with van der Waals surface area (Å²) in [6.07, 6.45) is 1.14. The van der Waals surface area contributed by atoms with Crippen LogP contribution in [-0.4, -0.2) is 39.6 Å². The average molecular weight is 452 g/mol. The maximum atomic E-state index is 13.4. The van der Waals surface area contributed by atoms with Gasteiger partial charge in [-0.15, -0.1) is 0 Å². The Morgan fingerprint density at radius 3 is 2.27 bits per heavy atom. The lowest BCUT2D eigenvalue weighted by atomic mass is 9.73. The van der Waals surface area contributed by atoms with Crippen molar-refractivity contribution in [1.29, 1.82) is 0 Å². The van der Waals surface area contributed by atoms with Gasteiger partial charge in [0.25, 0.3) is 0 Å². The molecule has 2 atom stereocenters. The Kier molecular flexibility index (Phi) is 6.58. The Hall–Kier alpha value is -3.48. The van der Waals surface area contributed by atoms with Gasteiger partial charge in [-0.3, -0.25) is 9.59 Å². The van der Waals surface area contributed by atoms with E-state index in [2.05, 4.69) is 5.32 Å². The quantitative estimate of drug-likeness (QED) is 0.682. The van der Waals surface area contributed by atoms with Gasteiger partial charge in [-0.25, -0.2) is 0 Å². The Bertz CT molecular complexity index is 1080. The lowest BCUT2D eigenvalue weighted by molar-refractivity contribution is -0.122. The summed E-state index contributed by atoms with van der Waals surface area (Å²) in [6.45, 7) is 2.48. The van der Waals surface area contributed by atoms with E-state index >= 15 is 0 Å². The molecule has 1 heterocycles. The molecule has 0 saturated carbocycles. The molecule has 33 heavy (non-hydrogen) atoms. The first kappa shape index (κ1) is 22.7. The average Bonchev–Trinajstić information content (AvgIpc) is 2.82. The number of carbonyl (C=O) groups excluding carboxylic acids is 2. The highest BCUT2D eigenvalue weighted by atomic mass is 16.5. The molecule has 7 nitrogen and oxygen atoms in total. The van der Waals surface area contributed by atoms with Crippen molar-refractivity contribution in [1.82, 2.24) is 5.32 Å². The van der Waals surface area contributed by atoms with Crippen LogP contribution in [0, 0.1) is 0 Å². The lowest BCUT2D eigenvalue weighted by Crippen LogP contribution is -2.38. The van der Waals surface area contributed by atoms with Crippen molar-refractivity contribution >= 4 is 11.7 Å². The minimum absolute atomic E-state index is 0.0433. The molecule has 7 heteroatoms. The van der Waals surface area contributed by atoms with Gasteiger partial charge >= 0.3 is 0 Å². The molecule has 0 aromatic heterocycles. The summed E-state index contributed by atoms with van der Waals surface area (Å²) in [7, 11) is 4.69. The van der Waals surface area contributed by atoms with E-state index in [1.807, 2.05) is 43.3 Å². The van der Waals surface area contributed by atoms with Gasteiger partial charge in [0.15, 0.2) is 17.3 Å². The zero-order chi connectivity index (χ0) is 23.5. The zero-order valence-electron chi connectivity index (χ0n) is 19.4. The van der Waals surface area contributed by atoms with Crippen molar-refractivity contribution in [3.8, 4) is 23.0 Å². The smallest absolute Gasteiger partial charge is 0.225 e. The molecule has 0 saturated heterocycles. The maximum Gasteiger partial charge on any atom is 0.225 e. The number of benzene rings is 2. The fourth-order valence-corrected chi connectivity index (χ4v) is 4.81. The van der Waals surface area contributed by atoms with E-state index in [1.54, 1.807) is 21.3 Å². The van der Waals surface area contributed by atoms with Gasteiger partial charge in [0, 0.05) is 30.0 Å². The first-order valence-electron chi connectivity index (χ1n) is 11.1. The summed E-state index contributed by atoms with van der Waals surface area (Å²) < 4.78 is 22.0. The van der Waals surface area contributed by atoms with Crippen LogP contribution in [0.2, 0.25) is 0 Å². The number of allylic oxidation sites excluding steroid dienone is 2. The topological polar surface area (TPSA) is 83.1 Å². The van der Waals surface area contributed by atoms with Gasteiger partial charge in [0.1, 0.15) is 5.75 Å². The van der Waals surface area contributed by atoms with Gasteiger partial charge in [-0.1, -0.05) is 12.1 Å². The van der Waals surface area contributed by atoms with Crippen LogP contribution in [0.5, 0.6) is 23.0 Å². The van der Waals surface area contributed by atoms with Crippen molar-refractivity contribution in [2.45, 2.75) is 38.0 Å². The van der Waals surface area contributed by atoms with Crippen LogP contribution in [0.1, 0.15) is 49.1 Å². The number of carbonyl (C=O) groups is 2. The predicted molar refractivity (Wildman–Crippen MR) is 123 cm³/mol. The third-order valence-corrected chi connectivity index (χ3v) is 6.27. The molecule has 174 valence electrons. The fourth-order valence-electron chi connectivity index (χ4n) is 4.81. The highest BCUT2D eigenvalue weighted by Crippen LogP contribution is 2.46. The first-order chi connectivity index (χ1) is 16.0. The summed E-state index contributed by atoms with van der Waals surface area (Å²) in [5.41, 5.74) is 3.22. The number of hydrogen-bond donors (Lipinski definition) is 1. The monoisotopic (exact) mass is 451 g/mol. The molecule has 1 aliphatic carbocycles. The minimum atomic E-state index is -0.275. The van der Waals surface area contributed by atoms with Crippen LogP contribution in [-0.2, 0) is 9.59 Å². The Morgan fingerprint density at radius 1 is 0.909 bits per heavy atom. The Balaban J connectivity index is 1.71. The molecule has 1 amide bonds. The number of Topliss-reactive ketones (excluding diaryl/α,β-unsaturated/α-hetero) is 1. The van der Waals surface area contributed by atoms with Crippen molar-refractivity contribution in [2.24, 2.45) is 0 Å². The largest absolute Gasteiger partial charge is 0.494 e. The summed E-state index contributed by atoms with van der Waals surface area (Å²) in [6, 6.07) is 11.4. The number of ketones is 1. The van der Waals surface area contributed by atoms with Gasteiger partial charge < -0.3 is 24.3 Å². The number of hydrogen-bond acceptors (Lipinski definition) is 6. The van der Waals surface area contributed by atoms with Gasteiger partial charge in [-0.05, 0) is 54.7 Å².